The van der Waals surface area contributed by atoms with E-state index < -0.39 is 10.0 Å². The van der Waals surface area contributed by atoms with E-state index in [1.807, 2.05) is 47.5 Å². The van der Waals surface area contributed by atoms with Crippen LogP contribution in [0.25, 0.3) is 11.1 Å². The number of sulfonamides is 1. The molecule has 9 heteroatoms. The number of nitrogens with one attached hydrogen (secondary N) is 3. The van der Waals surface area contributed by atoms with Gasteiger partial charge in [0.25, 0.3) is 6.04 Å². The van der Waals surface area contributed by atoms with Gasteiger partial charge in [0.1, 0.15) is 4.87 Å². The average Bonchev–Trinajstić information content (AvgIpc) is 3.20. The fourth-order valence-electron chi connectivity index (χ4n) is 4.70. The van der Waals surface area contributed by atoms with Gasteiger partial charge in [-0.25, -0.2) is 13.1 Å². The third-order valence-corrected chi connectivity index (χ3v) is 7.90. The standard InChI is InChI=1S/C24H34N5O3S/c1-25-33(31,32)13-11-27-23-15-21(20-7-3-2-4-8-20)14-22(16-23)24-9-12-28(29(24)30)18-19-6-5-10-26-17-19/h2-4,7-8,14-16,19,24-27H,5-6,9-13,17-18H2,1H3/q+1. The summed E-state index contributed by atoms with van der Waals surface area (Å²) in [6.45, 7) is 3.87. The van der Waals surface area contributed by atoms with E-state index in [0.717, 1.165) is 72.7 Å². The van der Waals surface area contributed by atoms with Crippen molar-refractivity contribution < 1.29 is 13.3 Å². The van der Waals surface area contributed by atoms with Crippen LogP contribution in [0.1, 0.15) is 30.9 Å². The SMILES string of the molecule is CNS(=O)(=O)CCNc1cc(-c2ccccc2)cc(C2CCN(CC3CCCNC3)[N+]2=O)c1. The van der Waals surface area contributed by atoms with Crippen LogP contribution in [0.2, 0.25) is 0 Å². The second-order valence-electron chi connectivity index (χ2n) is 8.89. The zero-order valence-corrected chi connectivity index (χ0v) is 20.0. The van der Waals surface area contributed by atoms with Crippen LogP contribution in [0, 0.1) is 10.8 Å². The van der Waals surface area contributed by atoms with Gasteiger partial charge in [-0.2, -0.15) is 0 Å². The van der Waals surface area contributed by atoms with Crippen molar-refractivity contribution in [2.24, 2.45) is 5.92 Å². The Morgan fingerprint density at radius 3 is 2.67 bits per heavy atom. The number of hydrogen-bond donors (Lipinski definition) is 3. The summed E-state index contributed by atoms with van der Waals surface area (Å²) in [6, 6.07) is 15.9. The summed E-state index contributed by atoms with van der Waals surface area (Å²) in [6.07, 6.45) is 3.10. The van der Waals surface area contributed by atoms with Crippen molar-refractivity contribution >= 4 is 15.7 Å². The number of anilines is 1. The highest BCUT2D eigenvalue weighted by Crippen LogP contribution is 2.34. The number of hydrogen-bond acceptors (Lipinski definition) is 5. The highest BCUT2D eigenvalue weighted by molar-refractivity contribution is 7.89. The molecule has 2 aliphatic heterocycles. The summed E-state index contributed by atoms with van der Waals surface area (Å²) in [7, 11) is -1.87. The molecule has 2 aromatic carbocycles. The van der Waals surface area contributed by atoms with Crippen LogP contribution in [-0.2, 0) is 10.0 Å². The van der Waals surface area contributed by atoms with E-state index >= 15 is 0 Å². The molecule has 2 unspecified atom stereocenters. The van der Waals surface area contributed by atoms with Crippen molar-refractivity contribution in [3.05, 3.63) is 59.0 Å². The summed E-state index contributed by atoms with van der Waals surface area (Å²) in [5.41, 5.74) is 3.84. The van der Waals surface area contributed by atoms with Gasteiger partial charge in [0.05, 0.1) is 23.7 Å². The van der Waals surface area contributed by atoms with Gasteiger partial charge in [0.2, 0.25) is 10.0 Å². The first kappa shape index (κ1) is 23.7. The van der Waals surface area contributed by atoms with Crippen LogP contribution in [0.4, 0.5) is 5.69 Å². The van der Waals surface area contributed by atoms with Gasteiger partial charge in [0.15, 0.2) is 0 Å². The van der Waals surface area contributed by atoms with Crippen LogP contribution in [0.3, 0.4) is 0 Å². The Morgan fingerprint density at radius 1 is 1.12 bits per heavy atom. The molecule has 2 heterocycles. The number of hydrazine groups is 1. The minimum absolute atomic E-state index is 0.0191. The lowest BCUT2D eigenvalue weighted by Gasteiger charge is -2.24. The first-order valence-corrected chi connectivity index (χ1v) is 13.4. The predicted octanol–water partition coefficient (Wildman–Crippen LogP) is 2.75. The zero-order chi connectivity index (χ0) is 23.3. The Balaban J connectivity index is 1.54. The molecule has 0 spiro atoms. The fourth-order valence-corrected chi connectivity index (χ4v) is 5.27. The van der Waals surface area contributed by atoms with E-state index in [1.165, 1.54) is 7.05 Å². The topological polar surface area (TPSA) is 93.6 Å². The molecule has 2 aromatic rings. The van der Waals surface area contributed by atoms with E-state index in [0.29, 0.717) is 5.92 Å². The van der Waals surface area contributed by atoms with E-state index in [9.17, 15) is 13.3 Å². The summed E-state index contributed by atoms with van der Waals surface area (Å²) >= 11 is 0. The van der Waals surface area contributed by atoms with Gasteiger partial charge in [-0.05, 0) is 68.2 Å². The smallest absolute Gasteiger partial charge is 0.261 e. The van der Waals surface area contributed by atoms with Crippen LogP contribution in [0.5, 0.6) is 0 Å². The number of benzene rings is 2. The van der Waals surface area contributed by atoms with E-state index in [-0.39, 0.29) is 18.3 Å². The average molecular weight is 473 g/mol. The minimum atomic E-state index is -3.29. The second-order valence-corrected chi connectivity index (χ2v) is 10.9. The number of nitroso groups, excluding NO2 is 1. The van der Waals surface area contributed by atoms with Gasteiger partial charge in [0, 0.05) is 24.2 Å². The predicted molar refractivity (Wildman–Crippen MR) is 131 cm³/mol. The van der Waals surface area contributed by atoms with Crippen molar-refractivity contribution in [2.45, 2.75) is 25.3 Å². The minimum Gasteiger partial charge on any atom is -0.384 e. The Kier molecular flexibility index (Phi) is 7.62. The molecule has 2 fully saturated rings. The lowest BCUT2D eigenvalue weighted by molar-refractivity contribution is -0.717. The molecular formula is C24H34N5O3S+. The Labute approximate surface area is 196 Å². The van der Waals surface area contributed by atoms with E-state index in [2.05, 4.69) is 21.4 Å². The molecule has 0 aliphatic carbocycles. The molecule has 0 bridgehead atoms. The molecule has 2 saturated heterocycles. The van der Waals surface area contributed by atoms with Crippen molar-refractivity contribution in [3.8, 4) is 11.1 Å². The normalized spacial score (nSPS) is 21.4. The fraction of sp³-hybridized carbons (Fsp3) is 0.500. The maximum Gasteiger partial charge on any atom is 0.261 e. The summed E-state index contributed by atoms with van der Waals surface area (Å²) < 4.78 is 25.9. The maximum absolute atomic E-state index is 13.2. The maximum atomic E-state index is 13.2. The second kappa shape index (κ2) is 10.6. The van der Waals surface area contributed by atoms with Gasteiger partial charge in [-0.1, -0.05) is 30.3 Å². The quantitative estimate of drug-likeness (QED) is 0.486. The van der Waals surface area contributed by atoms with Crippen molar-refractivity contribution in [1.82, 2.24) is 15.0 Å². The van der Waals surface area contributed by atoms with Crippen LogP contribution in [-0.4, -0.2) is 63.8 Å². The third kappa shape index (κ3) is 6.10. The van der Waals surface area contributed by atoms with Crippen molar-refractivity contribution in [2.75, 3.05) is 50.8 Å². The largest absolute Gasteiger partial charge is 0.384 e. The number of nitrogens with zero attached hydrogens (tertiary/aromatic N) is 2. The lowest BCUT2D eigenvalue weighted by atomic mass is 9.97. The Hall–Kier alpha value is -2.49. The van der Waals surface area contributed by atoms with Gasteiger partial charge in [-0.15, -0.1) is 5.01 Å². The first-order chi connectivity index (χ1) is 15.9. The van der Waals surface area contributed by atoms with E-state index in [4.69, 9.17) is 0 Å². The van der Waals surface area contributed by atoms with Crippen molar-refractivity contribution in [3.63, 3.8) is 0 Å². The van der Waals surface area contributed by atoms with Gasteiger partial charge < -0.3 is 10.6 Å². The molecule has 8 nitrogen and oxygen atoms in total. The van der Waals surface area contributed by atoms with Crippen LogP contribution < -0.4 is 15.4 Å². The molecule has 2 atom stereocenters. The van der Waals surface area contributed by atoms with Crippen LogP contribution in [0.15, 0.2) is 48.5 Å². The molecule has 0 radical (unpaired) electrons. The molecular weight excluding hydrogens is 438 g/mol. The molecule has 4 rings (SSSR count). The van der Waals surface area contributed by atoms with Crippen molar-refractivity contribution in [1.29, 1.82) is 0 Å². The third-order valence-electron chi connectivity index (χ3n) is 6.53. The summed E-state index contributed by atoms with van der Waals surface area (Å²) in [5.74, 6) is 0.491. The summed E-state index contributed by atoms with van der Waals surface area (Å²) in [4.78, 5) is 14.4. The molecule has 0 amide bonds. The van der Waals surface area contributed by atoms with Gasteiger partial charge >= 0.3 is 0 Å². The molecule has 2 aliphatic rings. The van der Waals surface area contributed by atoms with Gasteiger partial charge in [-0.3, -0.25) is 0 Å². The molecule has 33 heavy (non-hydrogen) atoms. The lowest BCUT2D eigenvalue weighted by Crippen LogP contribution is -2.39. The Morgan fingerprint density at radius 2 is 1.94 bits per heavy atom. The molecule has 0 aromatic heterocycles. The molecule has 0 saturated carbocycles. The summed E-state index contributed by atoms with van der Waals surface area (Å²) in [5, 5.41) is 8.62. The molecule has 178 valence electrons. The van der Waals surface area contributed by atoms with E-state index in [1.54, 1.807) is 0 Å². The highest BCUT2D eigenvalue weighted by atomic mass is 32.2. The number of piperidine rings is 1. The Bertz CT molecular complexity index is 1060. The monoisotopic (exact) mass is 472 g/mol. The first-order valence-electron chi connectivity index (χ1n) is 11.7. The van der Waals surface area contributed by atoms with Crippen LogP contribution >= 0.6 is 0 Å². The molecule has 3 N–H and O–H groups in total. The highest BCUT2D eigenvalue weighted by Gasteiger charge is 2.42. The zero-order valence-electron chi connectivity index (χ0n) is 19.2. The number of rotatable bonds is 9.